The first kappa shape index (κ1) is 24.3. The Hall–Kier alpha value is -4.33. The number of nitrogens with one attached hydrogen (secondary N) is 2. The first-order valence-electron chi connectivity index (χ1n) is 10.8. The molecule has 0 aliphatic heterocycles. The molecule has 0 aliphatic carbocycles. The van der Waals surface area contributed by atoms with Gasteiger partial charge >= 0.3 is 6.09 Å². The Morgan fingerprint density at radius 2 is 1.26 bits per heavy atom. The fraction of sp³-hybridized carbons (Fsp3) is 0.192. The number of nitrogens with two attached hydrogens (primary N) is 1. The lowest BCUT2D eigenvalue weighted by atomic mass is 10.0. The van der Waals surface area contributed by atoms with Crippen molar-refractivity contribution in [1.29, 1.82) is 0 Å². The highest BCUT2D eigenvalue weighted by Gasteiger charge is 2.26. The van der Waals surface area contributed by atoms with Crippen molar-refractivity contribution < 1.29 is 24.2 Å². The zero-order valence-corrected chi connectivity index (χ0v) is 18.5. The van der Waals surface area contributed by atoms with Gasteiger partial charge in [0, 0.05) is 12.8 Å². The van der Waals surface area contributed by atoms with E-state index in [1.807, 2.05) is 60.7 Å². The fourth-order valence-corrected chi connectivity index (χ4v) is 3.33. The molecule has 3 rings (SSSR count). The topological polar surface area (TPSA) is 131 Å². The summed E-state index contributed by atoms with van der Waals surface area (Å²) in [5, 5.41) is 14.7. The molecule has 8 heteroatoms. The fourth-order valence-electron chi connectivity index (χ4n) is 3.33. The maximum Gasteiger partial charge on any atom is 0.408 e. The number of rotatable bonds is 10. The third-order valence-electron chi connectivity index (χ3n) is 5.14. The van der Waals surface area contributed by atoms with Crippen molar-refractivity contribution in [2.75, 3.05) is 0 Å². The summed E-state index contributed by atoms with van der Waals surface area (Å²) in [7, 11) is 0. The normalized spacial score (nSPS) is 12.2. The monoisotopic (exact) mass is 461 g/mol. The number of ether oxygens (including phenoxy) is 1. The number of hydrogen-bond acceptors (Lipinski definition) is 5. The number of carbonyl (C=O) groups excluding carboxylic acids is 3. The minimum absolute atomic E-state index is 0.0398. The van der Waals surface area contributed by atoms with Gasteiger partial charge in [0.15, 0.2) is 0 Å². The van der Waals surface area contributed by atoms with Gasteiger partial charge in [0.05, 0.1) is 0 Å². The van der Waals surface area contributed by atoms with E-state index in [-0.39, 0.29) is 25.2 Å². The van der Waals surface area contributed by atoms with E-state index in [0.717, 1.165) is 11.1 Å². The van der Waals surface area contributed by atoms with Crippen LogP contribution in [0.3, 0.4) is 0 Å². The molecule has 0 aliphatic rings. The van der Waals surface area contributed by atoms with Gasteiger partial charge in [0.1, 0.15) is 24.4 Å². The summed E-state index contributed by atoms with van der Waals surface area (Å²) < 4.78 is 5.25. The Labute approximate surface area is 197 Å². The first-order valence-corrected chi connectivity index (χ1v) is 10.8. The van der Waals surface area contributed by atoms with E-state index >= 15 is 0 Å². The highest BCUT2D eigenvalue weighted by molar-refractivity contribution is 5.91. The van der Waals surface area contributed by atoms with Gasteiger partial charge in [-0.15, -0.1) is 0 Å². The summed E-state index contributed by atoms with van der Waals surface area (Å²) in [6, 6.07) is 22.6. The second-order valence-corrected chi connectivity index (χ2v) is 7.78. The molecule has 2 atom stereocenters. The number of phenols is 1. The van der Waals surface area contributed by atoms with Gasteiger partial charge in [-0.1, -0.05) is 72.8 Å². The largest absolute Gasteiger partial charge is 0.508 e. The molecule has 8 nitrogen and oxygen atoms in total. The molecular weight excluding hydrogens is 434 g/mol. The molecule has 0 heterocycles. The Morgan fingerprint density at radius 3 is 1.85 bits per heavy atom. The predicted octanol–water partition coefficient (Wildman–Crippen LogP) is 2.44. The van der Waals surface area contributed by atoms with Crippen LogP contribution in [0.5, 0.6) is 5.75 Å². The van der Waals surface area contributed by atoms with Gasteiger partial charge in [0.25, 0.3) is 0 Å². The van der Waals surface area contributed by atoms with Crippen molar-refractivity contribution in [1.82, 2.24) is 10.6 Å². The van der Waals surface area contributed by atoms with Crippen molar-refractivity contribution in [3.05, 3.63) is 102 Å². The second-order valence-electron chi connectivity index (χ2n) is 7.78. The predicted molar refractivity (Wildman–Crippen MR) is 127 cm³/mol. The van der Waals surface area contributed by atoms with Gasteiger partial charge in [-0.3, -0.25) is 9.59 Å². The lowest BCUT2D eigenvalue weighted by Gasteiger charge is -2.22. The molecule has 0 aromatic heterocycles. The Balaban J connectivity index is 1.70. The van der Waals surface area contributed by atoms with Crippen LogP contribution in [-0.4, -0.2) is 35.1 Å². The van der Waals surface area contributed by atoms with Crippen LogP contribution in [0.25, 0.3) is 0 Å². The highest BCUT2D eigenvalue weighted by Crippen LogP contribution is 2.12. The zero-order chi connectivity index (χ0) is 24.3. The van der Waals surface area contributed by atoms with Crippen LogP contribution in [0.4, 0.5) is 4.79 Å². The molecule has 0 bridgehead atoms. The van der Waals surface area contributed by atoms with Crippen LogP contribution in [0.15, 0.2) is 84.9 Å². The van der Waals surface area contributed by atoms with Gasteiger partial charge in [-0.05, 0) is 28.8 Å². The van der Waals surface area contributed by atoms with Crippen LogP contribution in [-0.2, 0) is 33.8 Å². The quantitative estimate of drug-likeness (QED) is 0.368. The maximum atomic E-state index is 13.1. The molecular formula is C26H27N3O5. The number of phenolic OH excluding ortho intramolecular Hbond substituents is 1. The summed E-state index contributed by atoms with van der Waals surface area (Å²) in [4.78, 5) is 37.5. The Bertz CT molecular complexity index is 1090. The number of primary amides is 1. The van der Waals surface area contributed by atoms with Crippen molar-refractivity contribution in [3.8, 4) is 5.75 Å². The molecule has 0 saturated carbocycles. The standard InChI is InChI=1S/C26H27N3O5/c27-24(31)22(15-18-7-3-1-4-8-18)28-25(32)23(16-19-11-13-21(30)14-12-19)29-26(33)34-17-20-9-5-2-6-10-20/h1-14,22-23,30H,15-17H2,(H2,27,31)(H,28,32)(H,29,33)/t22-,23-/m0/s1. The minimum atomic E-state index is -1.04. The summed E-state index contributed by atoms with van der Waals surface area (Å²) in [5.74, 6) is -1.19. The lowest BCUT2D eigenvalue weighted by Crippen LogP contribution is -2.54. The Kier molecular flexibility index (Phi) is 8.62. The van der Waals surface area contributed by atoms with Crippen molar-refractivity contribution >= 4 is 17.9 Å². The molecule has 34 heavy (non-hydrogen) atoms. The van der Waals surface area contributed by atoms with Gasteiger partial charge < -0.3 is 26.2 Å². The van der Waals surface area contributed by atoms with Crippen molar-refractivity contribution in [2.45, 2.75) is 31.5 Å². The van der Waals surface area contributed by atoms with Crippen LogP contribution in [0.1, 0.15) is 16.7 Å². The number of aromatic hydroxyl groups is 1. The molecule has 0 unspecified atom stereocenters. The summed E-state index contributed by atoms with van der Waals surface area (Å²) in [5.41, 5.74) is 7.85. The summed E-state index contributed by atoms with van der Waals surface area (Å²) >= 11 is 0. The molecule has 3 amide bonds. The van der Waals surface area contributed by atoms with Crippen molar-refractivity contribution in [2.24, 2.45) is 5.73 Å². The second kappa shape index (κ2) is 12.1. The Morgan fingerprint density at radius 1 is 0.735 bits per heavy atom. The van der Waals surface area contributed by atoms with E-state index in [2.05, 4.69) is 10.6 Å². The van der Waals surface area contributed by atoms with Gasteiger partial charge in [0.2, 0.25) is 11.8 Å². The molecule has 3 aromatic carbocycles. The van der Waals surface area contributed by atoms with Crippen LogP contribution >= 0.6 is 0 Å². The van der Waals surface area contributed by atoms with E-state index in [9.17, 15) is 19.5 Å². The SMILES string of the molecule is NC(=O)[C@H](Cc1ccccc1)NC(=O)[C@H](Cc1ccc(O)cc1)NC(=O)OCc1ccccc1. The number of alkyl carbamates (subject to hydrolysis) is 1. The molecule has 0 spiro atoms. The highest BCUT2D eigenvalue weighted by atomic mass is 16.5. The molecule has 176 valence electrons. The van der Waals surface area contributed by atoms with E-state index in [0.29, 0.717) is 5.56 Å². The van der Waals surface area contributed by atoms with Crippen molar-refractivity contribution in [3.63, 3.8) is 0 Å². The lowest BCUT2D eigenvalue weighted by molar-refractivity contribution is -0.128. The van der Waals surface area contributed by atoms with Crippen LogP contribution in [0, 0.1) is 0 Å². The van der Waals surface area contributed by atoms with Crippen LogP contribution < -0.4 is 16.4 Å². The molecule has 0 fully saturated rings. The summed E-state index contributed by atoms with van der Waals surface area (Å²) in [6.45, 7) is 0.0398. The van der Waals surface area contributed by atoms with E-state index < -0.39 is 30.0 Å². The zero-order valence-electron chi connectivity index (χ0n) is 18.5. The van der Waals surface area contributed by atoms with Gasteiger partial charge in [-0.25, -0.2) is 4.79 Å². The first-order chi connectivity index (χ1) is 16.4. The summed E-state index contributed by atoms with van der Waals surface area (Å²) in [6.07, 6.45) is -0.447. The third-order valence-corrected chi connectivity index (χ3v) is 5.14. The number of benzene rings is 3. The smallest absolute Gasteiger partial charge is 0.408 e. The minimum Gasteiger partial charge on any atom is -0.508 e. The number of carbonyl (C=O) groups is 3. The maximum absolute atomic E-state index is 13.1. The average Bonchev–Trinajstić information content (AvgIpc) is 2.84. The van der Waals surface area contributed by atoms with E-state index in [1.165, 1.54) is 12.1 Å². The average molecular weight is 462 g/mol. The third kappa shape index (κ3) is 7.67. The van der Waals surface area contributed by atoms with E-state index in [1.54, 1.807) is 12.1 Å². The molecule has 0 saturated heterocycles. The molecule has 3 aromatic rings. The van der Waals surface area contributed by atoms with E-state index in [4.69, 9.17) is 10.5 Å². The molecule has 0 radical (unpaired) electrons. The molecule has 5 N–H and O–H groups in total. The van der Waals surface area contributed by atoms with Crippen LogP contribution in [0.2, 0.25) is 0 Å². The number of hydrogen-bond donors (Lipinski definition) is 4. The van der Waals surface area contributed by atoms with Gasteiger partial charge in [-0.2, -0.15) is 0 Å². The number of amides is 3.